The van der Waals surface area contributed by atoms with Crippen LogP contribution >= 0.6 is 11.8 Å². The molecule has 4 nitrogen and oxygen atoms in total. The average Bonchev–Trinajstić information content (AvgIpc) is 2.56. The molecule has 0 amide bonds. The van der Waals surface area contributed by atoms with Crippen molar-refractivity contribution in [1.29, 1.82) is 5.26 Å². The molecule has 23 heavy (non-hydrogen) atoms. The fraction of sp³-hybridized carbons (Fsp3) is 0.222. The normalized spacial score (nSPS) is 11.5. The van der Waals surface area contributed by atoms with E-state index in [2.05, 4.69) is 6.07 Å². The van der Waals surface area contributed by atoms with Gasteiger partial charge in [0.05, 0.1) is 25.5 Å². The number of nitrogens with zero attached hydrogens (tertiary/aromatic N) is 1. The fourth-order valence-electron chi connectivity index (χ4n) is 2.09. The van der Waals surface area contributed by atoms with E-state index in [0.29, 0.717) is 5.75 Å². The Labute approximate surface area is 139 Å². The minimum Gasteiger partial charge on any atom is -0.497 e. The number of methoxy groups -OCH3 is 1. The summed E-state index contributed by atoms with van der Waals surface area (Å²) in [5.74, 6) is -0.319. The SMILES string of the molecule is COc1ccc(CC(=O)O)c(Sc2ccc(C(C)C#N)cc2)c1. The molecular formula is C18H17NO3S. The Hall–Kier alpha value is -2.45. The Balaban J connectivity index is 2.27. The second-order valence-electron chi connectivity index (χ2n) is 5.07. The number of hydrogen-bond donors (Lipinski definition) is 1. The van der Waals surface area contributed by atoms with Crippen LogP contribution in [0.4, 0.5) is 0 Å². The quantitative estimate of drug-likeness (QED) is 0.865. The number of carboxylic acids is 1. The third-order valence-electron chi connectivity index (χ3n) is 3.42. The first-order valence-electron chi connectivity index (χ1n) is 7.09. The Morgan fingerprint density at radius 2 is 2.00 bits per heavy atom. The Kier molecular flexibility index (Phi) is 5.67. The van der Waals surface area contributed by atoms with Gasteiger partial charge in [-0.1, -0.05) is 30.0 Å². The molecule has 0 aliphatic rings. The van der Waals surface area contributed by atoms with E-state index < -0.39 is 5.97 Å². The van der Waals surface area contributed by atoms with E-state index in [9.17, 15) is 4.79 Å². The summed E-state index contributed by atoms with van der Waals surface area (Å²) in [6.45, 7) is 1.86. The van der Waals surface area contributed by atoms with Gasteiger partial charge in [-0.3, -0.25) is 4.79 Å². The maximum Gasteiger partial charge on any atom is 0.307 e. The highest BCUT2D eigenvalue weighted by atomic mass is 32.2. The van der Waals surface area contributed by atoms with E-state index >= 15 is 0 Å². The van der Waals surface area contributed by atoms with Crippen LogP contribution in [0.25, 0.3) is 0 Å². The van der Waals surface area contributed by atoms with E-state index in [0.717, 1.165) is 20.9 Å². The number of carboxylic acid groups (broad SMARTS) is 1. The number of nitriles is 1. The van der Waals surface area contributed by atoms with Crippen LogP contribution in [-0.2, 0) is 11.2 Å². The second kappa shape index (κ2) is 7.70. The summed E-state index contributed by atoms with van der Waals surface area (Å²) < 4.78 is 5.22. The van der Waals surface area contributed by atoms with Crippen LogP contribution in [0.1, 0.15) is 24.0 Å². The summed E-state index contributed by atoms with van der Waals surface area (Å²) in [5, 5.41) is 18.0. The summed E-state index contributed by atoms with van der Waals surface area (Å²) in [6, 6.07) is 15.3. The Morgan fingerprint density at radius 3 is 2.57 bits per heavy atom. The molecule has 0 aromatic heterocycles. The van der Waals surface area contributed by atoms with Crippen molar-refractivity contribution in [3.63, 3.8) is 0 Å². The molecule has 0 fully saturated rings. The molecule has 0 bridgehead atoms. The van der Waals surface area contributed by atoms with Gasteiger partial charge >= 0.3 is 5.97 Å². The van der Waals surface area contributed by atoms with Gasteiger partial charge in [0.2, 0.25) is 0 Å². The molecule has 1 unspecified atom stereocenters. The summed E-state index contributed by atoms with van der Waals surface area (Å²) in [7, 11) is 1.58. The van der Waals surface area contributed by atoms with Gasteiger partial charge in [0.25, 0.3) is 0 Å². The predicted octanol–water partition coefficient (Wildman–Crippen LogP) is 4.10. The van der Waals surface area contributed by atoms with E-state index in [1.54, 1.807) is 19.2 Å². The number of rotatable bonds is 6. The first-order chi connectivity index (χ1) is 11.0. The minimum atomic E-state index is -0.866. The molecule has 0 radical (unpaired) electrons. The zero-order valence-electron chi connectivity index (χ0n) is 12.9. The number of carbonyl (C=O) groups is 1. The topological polar surface area (TPSA) is 70.3 Å². The molecule has 2 aromatic carbocycles. The van der Waals surface area contributed by atoms with Crippen LogP contribution in [0.3, 0.4) is 0 Å². The number of benzene rings is 2. The molecular weight excluding hydrogens is 310 g/mol. The van der Waals surface area contributed by atoms with Crippen molar-refractivity contribution >= 4 is 17.7 Å². The average molecular weight is 327 g/mol. The van der Waals surface area contributed by atoms with Crippen LogP contribution in [0.15, 0.2) is 52.3 Å². The van der Waals surface area contributed by atoms with Crippen LogP contribution in [0.5, 0.6) is 5.75 Å². The number of aliphatic carboxylic acids is 1. The van der Waals surface area contributed by atoms with Crippen molar-refractivity contribution in [2.24, 2.45) is 0 Å². The van der Waals surface area contributed by atoms with E-state index in [-0.39, 0.29) is 12.3 Å². The zero-order valence-corrected chi connectivity index (χ0v) is 13.8. The molecule has 118 valence electrons. The van der Waals surface area contributed by atoms with Crippen molar-refractivity contribution < 1.29 is 14.6 Å². The third kappa shape index (κ3) is 4.51. The van der Waals surface area contributed by atoms with E-state index in [1.165, 1.54) is 11.8 Å². The monoisotopic (exact) mass is 327 g/mol. The molecule has 2 rings (SSSR count). The number of ether oxygens (including phenoxy) is 1. The minimum absolute atomic E-state index is 0.0319. The largest absolute Gasteiger partial charge is 0.497 e. The maximum atomic E-state index is 11.0. The van der Waals surface area contributed by atoms with Crippen molar-refractivity contribution in [2.45, 2.75) is 29.1 Å². The highest BCUT2D eigenvalue weighted by molar-refractivity contribution is 7.99. The maximum absolute atomic E-state index is 11.0. The van der Waals surface area contributed by atoms with Gasteiger partial charge in [0.15, 0.2) is 0 Å². The van der Waals surface area contributed by atoms with Gasteiger partial charge in [-0.25, -0.2) is 0 Å². The van der Waals surface area contributed by atoms with Crippen molar-refractivity contribution in [3.05, 3.63) is 53.6 Å². The van der Waals surface area contributed by atoms with Gasteiger partial charge in [-0.05, 0) is 42.3 Å². The lowest BCUT2D eigenvalue weighted by Gasteiger charge is -2.11. The van der Waals surface area contributed by atoms with Crippen LogP contribution in [-0.4, -0.2) is 18.2 Å². The van der Waals surface area contributed by atoms with Crippen molar-refractivity contribution in [3.8, 4) is 11.8 Å². The van der Waals surface area contributed by atoms with Crippen molar-refractivity contribution in [1.82, 2.24) is 0 Å². The lowest BCUT2D eigenvalue weighted by molar-refractivity contribution is -0.136. The number of hydrogen-bond acceptors (Lipinski definition) is 4. The second-order valence-corrected chi connectivity index (χ2v) is 6.18. The molecule has 5 heteroatoms. The van der Waals surface area contributed by atoms with Crippen LogP contribution in [0, 0.1) is 11.3 Å². The van der Waals surface area contributed by atoms with Crippen molar-refractivity contribution in [2.75, 3.05) is 7.11 Å². The molecule has 1 atom stereocenters. The van der Waals surface area contributed by atoms with Gasteiger partial charge in [-0.15, -0.1) is 0 Å². The third-order valence-corrected chi connectivity index (χ3v) is 4.53. The van der Waals surface area contributed by atoms with E-state index in [4.69, 9.17) is 15.1 Å². The van der Waals surface area contributed by atoms with Gasteiger partial charge in [-0.2, -0.15) is 5.26 Å². The molecule has 0 heterocycles. The summed E-state index contributed by atoms with van der Waals surface area (Å²) in [6.07, 6.45) is -0.0319. The molecule has 0 aliphatic carbocycles. The lowest BCUT2D eigenvalue weighted by atomic mass is 10.0. The molecule has 0 saturated heterocycles. The highest BCUT2D eigenvalue weighted by Gasteiger charge is 2.11. The van der Waals surface area contributed by atoms with Gasteiger partial charge < -0.3 is 9.84 Å². The highest BCUT2D eigenvalue weighted by Crippen LogP contribution is 2.34. The molecule has 0 aliphatic heterocycles. The molecule has 0 spiro atoms. The predicted molar refractivity (Wildman–Crippen MR) is 88.9 cm³/mol. The Morgan fingerprint density at radius 1 is 1.30 bits per heavy atom. The first-order valence-corrected chi connectivity index (χ1v) is 7.91. The van der Waals surface area contributed by atoms with Gasteiger partial charge in [0, 0.05) is 9.79 Å². The van der Waals surface area contributed by atoms with E-state index in [1.807, 2.05) is 37.3 Å². The zero-order chi connectivity index (χ0) is 16.8. The summed E-state index contributed by atoms with van der Waals surface area (Å²) >= 11 is 1.49. The van der Waals surface area contributed by atoms with Crippen LogP contribution < -0.4 is 4.74 Å². The Bertz CT molecular complexity index is 735. The fourth-order valence-corrected chi connectivity index (χ4v) is 3.06. The molecule has 2 aromatic rings. The molecule has 0 saturated carbocycles. The summed E-state index contributed by atoms with van der Waals surface area (Å²) in [4.78, 5) is 12.8. The molecule has 1 N–H and O–H groups in total. The smallest absolute Gasteiger partial charge is 0.307 e. The lowest BCUT2D eigenvalue weighted by Crippen LogP contribution is -2.01. The standard InChI is InChI=1S/C18H17NO3S/c1-12(11-19)13-4-7-16(8-5-13)23-17-10-15(22-2)6-3-14(17)9-18(20)21/h3-8,10,12H,9H2,1-2H3,(H,20,21). The summed E-state index contributed by atoms with van der Waals surface area (Å²) in [5.41, 5.74) is 1.71. The van der Waals surface area contributed by atoms with Crippen LogP contribution in [0.2, 0.25) is 0 Å². The van der Waals surface area contributed by atoms with Gasteiger partial charge in [0.1, 0.15) is 5.75 Å². The first kappa shape index (κ1) is 16.9.